The molecule has 1 N–H and O–H groups in total. The second-order valence-electron chi connectivity index (χ2n) is 5.62. The Morgan fingerprint density at radius 2 is 2.12 bits per heavy atom. The summed E-state index contributed by atoms with van der Waals surface area (Å²) in [6.45, 7) is 2.07. The molecule has 0 unspecified atom stereocenters. The molecule has 126 valence electrons. The summed E-state index contributed by atoms with van der Waals surface area (Å²) in [5, 5.41) is 6.97. The van der Waals surface area contributed by atoms with Crippen molar-refractivity contribution >= 4 is 40.4 Å². The lowest BCUT2D eigenvalue weighted by Crippen LogP contribution is -2.43. The molecule has 0 bridgehead atoms. The molecular weight excluding hydrogens is 356 g/mol. The van der Waals surface area contributed by atoms with Gasteiger partial charge in [0.15, 0.2) is 6.17 Å². The van der Waals surface area contributed by atoms with Gasteiger partial charge in [-0.3, -0.25) is 9.69 Å². The topological polar surface area (TPSA) is 58.1 Å². The highest BCUT2D eigenvalue weighted by atomic mass is 35.5. The van der Waals surface area contributed by atoms with Crippen molar-refractivity contribution in [3.05, 3.63) is 69.3 Å². The van der Waals surface area contributed by atoms with Gasteiger partial charge in [0.05, 0.1) is 21.3 Å². The monoisotopic (exact) mass is 370 g/mol. The zero-order chi connectivity index (χ0) is 17.4. The van der Waals surface area contributed by atoms with E-state index in [9.17, 15) is 4.79 Å². The van der Waals surface area contributed by atoms with Gasteiger partial charge in [0.25, 0.3) is 5.91 Å². The summed E-state index contributed by atoms with van der Waals surface area (Å²) in [7, 11) is 0. The summed E-state index contributed by atoms with van der Waals surface area (Å²) in [4.78, 5) is 23.8. The number of aromatic nitrogens is 2. The smallest absolute Gasteiger partial charge is 0.263 e. The molecule has 7 heteroatoms. The first-order valence-corrected chi connectivity index (χ1v) is 9.18. The minimum atomic E-state index is -0.410. The minimum absolute atomic E-state index is 0.111. The third-order valence-corrected chi connectivity index (χ3v) is 5.27. The number of hydrogen-bond acceptors (Lipinski definition) is 5. The van der Waals surface area contributed by atoms with Crippen molar-refractivity contribution in [1.82, 2.24) is 9.97 Å². The van der Waals surface area contributed by atoms with Crippen LogP contribution in [-0.4, -0.2) is 15.9 Å². The zero-order valence-corrected chi connectivity index (χ0v) is 15.0. The van der Waals surface area contributed by atoms with Gasteiger partial charge in [0.1, 0.15) is 5.82 Å². The molecule has 3 aromatic rings. The van der Waals surface area contributed by atoms with Crippen LogP contribution in [0.4, 0.5) is 11.5 Å². The van der Waals surface area contributed by atoms with Crippen LogP contribution in [0.1, 0.15) is 34.1 Å². The first kappa shape index (κ1) is 16.1. The summed E-state index contributed by atoms with van der Waals surface area (Å²) >= 11 is 7.55. The molecule has 0 fully saturated rings. The van der Waals surface area contributed by atoms with Gasteiger partial charge in [-0.15, -0.1) is 11.3 Å². The second-order valence-corrected chi connectivity index (χ2v) is 7.00. The SMILES string of the molecule is CCc1nc([C@H]2Nc3ccccc3C(=O)N2c2ccc(Cl)cn2)cs1. The predicted molar refractivity (Wildman–Crippen MR) is 100 cm³/mol. The minimum Gasteiger partial charge on any atom is -0.359 e. The van der Waals surface area contributed by atoms with Crippen LogP contribution in [0.15, 0.2) is 48.0 Å². The number of amides is 1. The number of halogens is 1. The molecule has 0 radical (unpaired) electrons. The van der Waals surface area contributed by atoms with Crippen molar-refractivity contribution in [3.63, 3.8) is 0 Å². The van der Waals surface area contributed by atoms with E-state index in [4.69, 9.17) is 11.6 Å². The van der Waals surface area contributed by atoms with E-state index in [0.717, 1.165) is 22.8 Å². The summed E-state index contributed by atoms with van der Waals surface area (Å²) in [6.07, 6.45) is 1.99. The third-order valence-electron chi connectivity index (χ3n) is 4.04. The predicted octanol–water partition coefficient (Wildman–Crippen LogP) is 4.53. The highest BCUT2D eigenvalue weighted by Crippen LogP contribution is 2.36. The molecular formula is C18H15ClN4OS. The second kappa shape index (κ2) is 6.46. The number of nitrogens with one attached hydrogen (secondary N) is 1. The zero-order valence-electron chi connectivity index (χ0n) is 13.4. The number of rotatable bonds is 3. The Bertz CT molecular complexity index is 925. The van der Waals surface area contributed by atoms with E-state index in [2.05, 4.69) is 22.2 Å². The summed E-state index contributed by atoms with van der Waals surface area (Å²) < 4.78 is 0. The van der Waals surface area contributed by atoms with Gasteiger partial charge in [0.2, 0.25) is 0 Å². The normalized spacial score (nSPS) is 16.5. The van der Waals surface area contributed by atoms with E-state index in [1.165, 1.54) is 0 Å². The van der Waals surface area contributed by atoms with Gasteiger partial charge >= 0.3 is 0 Å². The Labute approximate surface area is 154 Å². The Morgan fingerprint density at radius 1 is 1.28 bits per heavy atom. The van der Waals surface area contributed by atoms with Gasteiger partial charge in [-0.1, -0.05) is 30.7 Å². The van der Waals surface area contributed by atoms with E-state index in [1.807, 2.05) is 29.6 Å². The van der Waals surface area contributed by atoms with Gasteiger partial charge in [-0.25, -0.2) is 9.97 Å². The number of thiazole rings is 1. The first-order valence-electron chi connectivity index (χ1n) is 7.92. The van der Waals surface area contributed by atoms with Crippen LogP contribution in [0.3, 0.4) is 0 Å². The average molecular weight is 371 g/mol. The summed E-state index contributed by atoms with van der Waals surface area (Å²) in [5.41, 5.74) is 2.22. The maximum Gasteiger partial charge on any atom is 0.263 e. The lowest BCUT2D eigenvalue weighted by Gasteiger charge is -2.36. The highest BCUT2D eigenvalue weighted by Gasteiger charge is 2.35. The summed E-state index contributed by atoms with van der Waals surface area (Å²) in [6, 6.07) is 10.9. The lowest BCUT2D eigenvalue weighted by molar-refractivity contribution is 0.0973. The molecule has 1 aromatic carbocycles. The number of para-hydroxylation sites is 1. The van der Waals surface area contributed by atoms with Crippen LogP contribution in [0.2, 0.25) is 5.02 Å². The molecule has 3 heterocycles. The van der Waals surface area contributed by atoms with Crippen LogP contribution >= 0.6 is 22.9 Å². The van der Waals surface area contributed by atoms with Crippen molar-refractivity contribution in [2.45, 2.75) is 19.5 Å². The van der Waals surface area contributed by atoms with Crippen molar-refractivity contribution in [1.29, 1.82) is 0 Å². The molecule has 5 nitrogen and oxygen atoms in total. The molecule has 0 spiro atoms. The number of pyridine rings is 1. The molecule has 4 rings (SSSR count). The first-order chi connectivity index (χ1) is 12.2. The molecule has 1 amide bonds. The molecule has 1 atom stereocenters. The fraction of sp³-hybridized carbons (Fsp3) is 0.167. The maximum atomic E-state index is 13.2. The van der Waals surface area contributed by atoms with Gasteiger partial charge in [0, 0.05) is 17.3 Å². The Balaban J connectivity index is 1.83. The number of benzene rings is 1. The van der Waals surface area contributed by atoms with E-state index >= 15 is 0 Å². The van der Waals surface area contributed by atoms with Crippen molar-refractivity contribution < 1.29 is 4.79 Å². The van der Waals surface area contributed by atoms with Crippen LogP contribution in [-0.2, 0) is 6.42 Å². The fourth-order valence-electron chi connectivity index (χ4n) is 2.82. The van der Waals surface area contributed by atoms with Gasteiger partial charge in [-0.2, -0.15) is 0 Å². The maximum absolute atomic E-state index is 13.2. The van der Waals surface area contributed by atoms with E-state index in [-0.39, 0.29) is 5.91 Å². The van der Waals surface area contributed by atoms with Crippen molar-refractivity contribution in [2.24, 2.45) is 0 Å². The number of nitrogens with zero attached hydrogens (tertiary/aromatic N) is 3. The van der Waals surface area contributed by atoms with Crippen LogP contribution in [0, 0.1) is 0 Å². The van der Waals surface area contributed by atoms with Gasteiger partial charge in [-0.05, 0) is 30.7 Å². The van der Waals surface area contributed by atoms with Crippen LogP contribution in [0.25, 0.3) is 0 Å². The molecule has 25 heavy (non-hydrogen) atoms. The average Bonchev–Trinajstić information content (AvgIpc) is 3.12. The van der Waals surface area contributed by atoms with Crippen molar-refractivity contribution in [2.75, 3.05) is 10.2 Å². The Morgan fingerprint density at radius 3 is 2.84 bits per heavy atom. The molecule has 2 aromatic heterocycles. The molecule has 0 saturated heterocycles. The standard InChI is InChI=1S/C18H15ClN4OS/c1-2-16-21-14(10-25-16)17-22-13-6-4-3-5-12(13)18(24)23(17)15-8-7-11(19)9-20-15/h3-10,17,22H,2H2,1H3/t17-/m0/s1. The number of fused-ring (bicyclic) bond motifs is 1. The molecule has 0 aliphatic carbocycles. The lowest BCUT2D eigenvalue weighted by atomic mass is 10.1. The van der Waals surface area contributed by atoms with Crippen LogP contribution < -0.4 is 10.2 Å². The van der Waals surface area contributed by atoms with Crippen molar-refractivity contribution in [3.8, 4) is 0 Å². The largest absolute Gasteiger partial charge is 0.359 e. The van der Waals surface area contributed by atoms with Gasteiger partial charge < -0.3 is 5.32 Å². The highest BCUT2D eigenvalue weighted by molar-refractivity contribution is 7.09. The third kappa shape index (κ3) is 2.88. The number of aryl methyl sites for hydroxylation is 1. The summed E-state index contributed by atoms with van der Waals surface area (Å²) in [5.74, 6) is 0.424. The van der Waals surface area contributed by atoms with E-state index < -0.39 is 6.17 Å². The molecule has 0 saturated carbocycles. The van der Waals surface area contributed by atoms with E-state index in [1.54, 1.807) is 34.6 Å². The number of carbonyl (C=O) groups excluding carboxylic acids is 1. The molecule has 1 aliphatic heterocycles. The number of anilines is 2. The molecule has 1 aliphatic rings. The number of hydrogen-bond donors (Lipinski definition) is 1. The fourth-order valence-corrected chi connectivity index (χ4v) is 3.70. The Hall–Kier alpha value is -2.44. The number of carbonyl (C=O) groups is 1. The van der Waals surface area contributed by atoms with E-state index in [0.29, 0.717) is 16.4 Å². The quantitative estimate of drug-likeness (QED) is 0.736. The Kier molecular flexibility index (Phi) is 4.15. The van der Waals surface area contributed by atoms with Crippen LogP contribution in [0.5, 0.6) is 0 Å².